The minimum absolute atomic E-state index is 0.319. The van der Waals surface area contributed by atoms with Crippen LogP contribution in [0.2, 0.25) is 0 Å². The third-order valence-corrected chi connectivity index (χ3v) is 5.45. The minimum Gasteiger partial charge on any atom is -0.508 e. The van der Waals surface area contributed by atoms with Crippen LogP contribution in [0, 0.1) is 0 Å². The van der Waals surface area contributed by atoms with Crippen molar-refractivity contribution in [3.8, 4) is 11.5 Å². The Bertz CT molecular complexity index is 645. The zero-order chi connectivity index (χ0) is 17.6. The molecule has 0 saturated carbocycles. The van der Waals surface area contributed by atoms with Crippen LogP contribution in [-0.4, -0.2) is 36.2 Å². The molecule has 0 unspecified atom stereocenters. The number of rotatable bonds is 7. The second-order valence-electron chi connectivity index (χ2n) is 7.14. The van der Waals surface area contributed by atoms with E-state index in [0.29, 0.717) is 17.6 Å². The molecule has 3 heteroatoms. The van der Waals surface area contributed by atoms with Gasteiger partial charge in [0.15, 0.2) is 0 Å². The van der Waals surface area contributed by atoms with Crippen molar-refractivity contribution >= 4 is 0 Å². The van der Waals surface area contributed by atoms with E-state index in [9.17, 15) is 5.11 Å². The van der Waals surface area contributed by atoms with Crippen molar-refractivity contribution in [2.24, 2.45) is 0 Å². The van der Waals surface area contributed by atoms with Crippen LogP contribution in [0.3, 0.4) is 0 Å². The van der Waals surface area contributed by atoms with Crippen LogP contribution in [0.1, 0.15) is 49.7 Å². The van der Waals surface area contributed by atoms with Gasteiger partial charge in [-0.1, -0.05) is 38.1 Å². The summed E-state index contributed by atoms with van der Waals surface area (Å²) in [7, 11) is 0. The molecule has 0 radical (unpaired) electrons. The summed E-state index contributed by atoms with van der Waals surface area (Å²) in [6.07, 6.45) is 2.65. The molecular formula is C22H29NO2. The fourth-order valence-corrected chi connectivity index (χ4v) is 3.52. The SMILES string of the molecule is C[C@H](c1ccc(OCCN2CCCC2)cc1)[C@@H](C)c1ccc(O)cc1. The van der Waals surface area contributed by atoms with E-state index in [1.807, 2.05) is 12.1 Å². The largest absolute Gasteiger partial charge is 0.508 e. The lowest BCUT2D eigenvalue weighted by molar-refractivity contribution is 0.237. The van der Waals surface area contributed by atoms with Gasteiger partial charge in [-0.25, -0.2) is 0 Å². The van der Waals surface area contributed by atoms with Crippen LogP contribution in [0.4, 0.5) is 0 Å². The third-order valence-electron chi connectivity index (χ3n) is 5.45. The molecule has 1 aliphatic rings. The highest BCUT2D eigenvalue weighted by Crippen LogP contribution is 2.33. The van der Waals surface area contributed by atoms with Crippen molar-refractivity contribution in [1.29, 1.82) is 0 Å². The standard InChI is InChI=1S/C22H29NO2/c1-17(19-5-9-21(24)10-6-19)18(2)20-7-11-22(12-8-20)25-16-15-23-13-3-4-14-23/h5-12,17-18,24H,3-4,13-16H2,1-2H3/t17-,18+/m1/s1. The molecule has 0 aliphatic carbocycles. The van der Waals surface area contributed by atoms with Crippen molar-refractivity contribution in [3.05, 3.63) is 59.7 Å². The van der Waals surface area contributed by atoms with E-state index in [1.54, 1.807) is 12.1 Å². The Kier molecular flexibility index (Phi) is 5.98. The van der Waals surface area contributed by atoms with Crippen molar-refractivity contribution in [1.82, 2.24) is 4.90 Å². The Morgan fingerprint density at radius 1 is 0.880 bits per heavy atom. The van der Waals surface area contributed by atoms with Crippen LogP contribution in [0.15, 0.2) is 48.5 Å². The fourth-order valence-electron chi connectivity index (χ4n) is 3.52. The van der Waals surface area contributed by atoms with Crippen molar-refractivity contribution in [2.75, 3.05) is 26.2 Å². The molecule has 2 aromatic carbocycles. The Hall–Kier alpha value is -2.00. The number of phenols is 1. The minimum atomic E-state index is 0.319. The van der Waals surface area contributed by atoms with Gasteiger partial charge < -0.3 is 9.84 Å². The van der Waals surface area contributed by atoms with E-state index < -0.39 is 0 Å². The molecule has 1 fully saturated rings. The molecule has 3 rings (SSSR count). The lowest BCUT2D eigenvalue weighted by Crippen LogP contribution is -2.25. The first-order valence-electron chi connectivity index (χ1n) is 9.37. The van der Waals surface area contributed by atoms with E-state index in [1.165, 1.54) is 37.1 Å². The van der Waals surface area contributed by atoms with E-state index in [-0.39, 0.29) is 0 Å². The molecular weight excluding hydrogens is 310 g/mol. The second kappa shape index (κ2) is 8.39. The molecule has 1 heterocycles. The summed E-state index contributed by atoms with van der Waals surface area (Å²) in [6, 6.07) is 16.0. The molecule has 0 bridgehead atoms. The van der Waals surface area contributed by atoms with E-state index in [2.05, 4.69) is 43.0 Å². The van der Waals surface area contributed by atoms with Crippen molar-refractivity contribution < 1.29 is 9.84 Å². The quantitative estimate of drug-likeness (QED) is 0.788. The zero-order valence-electron chi connectivity index (χ0n) is 15.3. The van der Waals surface area contributed by atoms with Gasteiger partial charge in [-0.2, -0.15) is 0 Å². The third kappa shape index (κ3) is 4.76. The smallest absolute Gasteiger partial charge is 0.119 e. The Labute approximate surface area is 151 Å². The molecule has 3 nitrogen and oxygen atoms in total. The van der Waals surface area contributed by atoms with Crippen LogP contribution >= 0.6 is 0 Å². The highest BCUT2D eigenvalue weighted by molar-refractivity contribution is 5.34. The summed E-state index contributed by atoms with van der Waals surface area (Å²) in [5.41, 5.74) is 2.56. The van der Waals surface area contributed by atoms with Crippen LogP contribution in [0.5, 0.6) is 11.5 Å². The summed E-state index contributed by atoms with van der Waals surface area (Å²) in [6.45, 7) is 8.71. The van der Waals surface area contributed by atoms with Crippen molar-refractivity contribution in [2.45, 2.75) is 38.5 Å². The molecule has 2 aromatic rings. The summed E-state index contributed by atoms with van der Waals surface area (Å²) in [4.78, 5) is 2.47. The van der Waals surface area contributed by atoms with Crippen LogP contribution < -0.4 is 4.74 Å². The average Bonchev–Trinajstić information content (AvgIpc) is 3.15. The number of aromatic hydroxyl groups is 1. The monoisotopic (exact) mass is 339 g/mol. The number of hydrogen-bond donors (Lipinski definition) is 1. The maximum atomic E-state index is 9.45. The molecule has 0 spiro atoms. The molecule has 0 amide bonds. The molecule has 2 atom stereocenters. The van der Waals surface area contributed by atoms with E-state index >= 15 is 0 Å². The predicted octanol–water partition coefficient (Wildman–Crippen LogP) is 4.77. The van der Waals surface area contributed by atoms with E-state index in [4.69, 9.17) is 4.74 Å². The number of nitrogens with zero attached hydrogens (tertiary/aromatic N) is 1. The van der Waals surface area contributed by atoms with Gasteiger partial charge >= 0.3 is 0 Å². The normalized spacial score (nSPS) is 17.4. The fraction of sp³-hybridized carbons (Fsp3) is 0.455. The zero-order valence-corrected chi connectivity index (χ0v) is 15.3. The highest BCUT2D eigenvalue weighted by Gasteiger charge is 2.16. The molecule has 134 valence electrons. The van der Waals surface area contributed by atoms with Gasteiger partial charge in [0.25, 0.3) is 0 Å². The Balaban J connectivity index is 1.54. The molecule has 1 N–H and O–H groups in total. The number of phenolic OH excluding ortho intramolecular Hbond substituents is 1. The average molecular weight is 339 g/mol. The maximum absolute atomic E-state index is 9.45. The number of hydrogen-bond acceptors (Lipinski definition) is 3. The highest BCUT2D eigenvalue weighted by atomic mass is 16.5. The molecule has 1 saturated heterocycles. The van der Waals surface area contributed by atoms with Crippen LogP contribution in [0.25, 0.3) is 0 Å². The lowest BCUT2D eigenvalue weighted by atomic mass is 9.84. The maximum Gasteiger partial charge on any atom is 0.119 e. The predicted molar refractivity (Wildman–Crippen MR) is 103 cm³/mol. The molecule has 1 aliphatic heterocycles. The summed E-state index contributed by atoms with van der Waals surface area (Å²) >= 11 is 0. The van der Waals surface area contributed by atoms with Gasteiger partial charge in [0.2, 0.25) is 0 Å². The summed E-state index contributed by atoms with van der Waals surface area (Å²) in [5.74, 6) is 2.07. The van der Waals surface area contributed by atoms with Gasteiger partial charge in [-0.05, 0) is 73.2 Å². The molecule has 25 heavy (non-hydrogen) atoms. The molecule has 0 aromatic heterocycles. The summed E-state index contributed by atoms with van der Waals surface area (Å²) in [5, 5.41) is 9.45. The van der Waals surface area contributed by atoms with Crippen molar-refractivity contribution in [3.63, 3.8) is 0 Å². The number of benzene rings is 2. The topological polar surface area (TPSA) is 32.7 Å². The lowest BCUT2D eigenvalue weighted by Gasteiger charge is -2.21. The summed E-state index contributed by atoms with van der Waals surface area (Å²) < 4.78 is 5.89. The Morgan fingerprint density at radius 2 is 1.40 bits per heavy atom. The van der Waals surface area contributed by atoms with E-state index in [0.717, 1.165) is 18.9 Å². The first-order valence-corrected chi connectivity index (χ1v) is 9.37. The van der Waals surface area contributed by atoms with Gasteiger partial charge in [-0.3, -0.25) is 4.90 Å². The van der Waals surface area contributed by atoms with Gasteiger partial charge in [0.1, 0.15) is 18.1 Å². The van der Waals surface area contributed by atoms with Crippen LogP contribution in [-0.2, 0) is 0 Å². The van der Waals surface area contributed by atoms with Gasteiger partial charge in [0, 0.05) is 6.54 Å². The van der Waals surface area contributed by atoms with Gasteiger partial charge in [0.05, 0.1) is 0 Å². The van der Waals surface area contributed by atoms with Gasteiger partial charge in [-0.15, -0.1) is 0 Å². The number of ether oxygens (including phenoxy) is 1. The first-order chi connectivity index (χ1) is 12.1. The second-order valence-corrected chi connectivity index (χ2v) is 7.14. The Morgan fingerprint density at radius 3 is 1.96 bits per heavy atom. The number of likely N-dealkylation sites (tertiary alicyclic amines) is 1. The first kappa shape index (κ1) is 17.8.